The molecule has 1 fully saturated rings. The van der Waals surface area contributed by atoms with Gasteiger partial charge in [-0.2, -0.15) is 0 Å². The van der Waals surface area contributed by atoms with E-state index in [1.165, 1.54) is 0 Å². The smallest absolute Gasteiger partial charge is 0.148 e. The number of rotatable bonds is 3. The number of anilines is 2. The average Bonchev–Trinajstić information content (AvgIpc) is 2.58. The van der Waals surface area contributed by atoms with Crippen molar-refractivity contribution in [2.24, 2.45) is 5.84 Å². The van der Waals surface area contributed by atoms with Crippen LogP contribution in [0.3, 0.4) is 0 Å². The van der Waals surface area contributed by atoms with Crippen LogP contribution in [0.25, 0.3) is 0 Å². The molecule has 1 aromatic heterocycles. The van der Waals surface area contributed by atoms with E-state index in [9.17, 15) is 5.11 Å². The molecule has 6 heteroatoms. The molecule has 112 valence electrons. The highest BCUT2D eigenvalue weighted by molar-refractivity contribution is 5.60. The maximum absolute atomic E-state index is 10.2. The number of nitrogens with one attached hydrogen (secondary N) is 1. The van der Waals surface area contributed by atoms with Gasteiger partial charge in [0.2, 0.25) is 0 Å². The first-order chi connectivity index (χ1) is 9.44. The summed E-state index contributed by atoms with van der Waals surface area (Å²) < 4.78 is 0. The lowest BCUT2D eigenvalue weighted by Crippen LogP contribution is -2.30. The molecule has 1 aromatic rings. The second-order valence-corrected chi connectivity index (χ2v) is 6.10. The number of aliphatic hydroxyl groups is 1. The van der Waals surface area contributed by atoms with Crippen molar-refractivity contribution in [1.29, 1.82) is 0 Å². The lowest BCUT2D eigenvalue weighted by molar-refractivity contribution is 0.0481. The Morgan fingerprint density at radius 1 is 1.35 bits per heavy atom. The second-order valence-electron chi connectivity index (χ2n) is 6.10. The fourth-order valence-corrected chi connectivity index (χ4v) is 2.76. The van der Waals surface area contributed by atoms with Gasteiger partial charge in [-0.3, -0.25) is 0 Å². The van der Waals surface area contributed by atoms with Gasteiger partial charge >= 0.3 is 0 Å². The number of nitrogens with zero attached hydrogens (tertiary/aromatic N) is 3. The van der Waals surface area contributed by atoms with Gasteiger partial charge in [0.15, 0.2) is 0 Å². The molecular formula is C14H25N5O. The van der Waals surface area contributed by atoms with Gasteiger partial charge in [-0.15, -0.1) is 0 Å². The number of hydrogen-bond acceptors (Lipinski definition) is 6. The standard InChI is InChI=1S/C14H25N5O/c1-10(2)11-12(18-15)16-9-17-13(11)19-7-4-5-14(3,20)6-8-19/h9-10,20H,4-8,15H2,1-3H3,(H,16,17,18). The third-order valence-electron chi connectivity index (χ3n) is 3.94. The van der Waals surface area contributed by atoms with Crippen LogP contribution in [-0.4, -0.2) is 33.8 Å². The SMILES string of the molecule is CC(C)c1c(NN)ncnc1N1CCCC(C)(O)CC1. The minimum atomic E-state index is -0.575. The molecule has 0 amide bonds. The summed E-state index contributed by atoms with van der Waals surface area (Å²) in [6.07, 6.45) is 4.08. The number of nitrogen functional groups attached to an aromatic ring is 1. The van der Waals surface area contributed by atoms with E-state index in [-0.39, 0.29) is 5.92 Å². The molecular weight excluding hydrogens is 254 g/mol. The Balaban J connectivity index is 2.32. The van der Waals surface area contributed by atoms with Gasteiger partial charge in [0.1, 0.15) is 18.0 Å². The van der Waals surface area contributed by atoms with Crippen LogP contribution in [0.4, 0.5) is 11.6 Å². The molecule has 0 aromatic carbocycles. The van der Waals surface area contributed by atoms with Crippen molar-refractivity contribution in [2.45, 2.75) is 51.6 Å². The normalized spacial score (nSPS) is 23.8. The zero-order chi connectivity index (χ0) is 14.8. The number of nitrogens with two attached hydrogens (primary N) is 1. The topological polar surface area (TPSA) is 87.3 Å². The molecule has 6 nitrogen and oxygen atoms in total. The summed E-state index contributed by atoms with van der Waals surface area (Å²) in [7, 11) is 0. The molecule has 4 N–H and O–H groups in total. The van der Waals surface area contributed by atoms with Gasteiger partial charge in [-0.25, -0.2) is 15.8 Å². The van der Waals surface area contributed by atoms with Crippen molar-refractivity contribution in [3.8, 4) is 0 Å². The van der Waals surface area contributed by atoms with E-state index in [1.807, 2.05) is 6.92 Å². The van der Waals surface area contributed by atoms with Gasteiger partial charge in [-0.05, 0) is 32.1 Å². The average molecular weight is 279 g/mol. The van der Waals surface area contributed by atoms with Gasteiger partial charge in [0.25, 0.3) is 0 Å². The van der Waals surface area contributed by atoms with Gasteiger partial charge < -0.3 is 15.4 Å². The summed E-state index contributed by atoms with van der Waals surface area (Å²) in [5, 5.41) is 10.2. The Morgan fingerprint density at radius 3 is 2.75 bits per heavy atom. The largest absolute Gasteiger partial charge is 0.390 e. The van der Waals surface area contributed by atoms with E-state index in [4.69, 9.17) is 5.84 Å². The second kappa shape index (κ2) is 5.93. The summed E-state index contributed by atoms with van der Waals surface area (Å²) in [5.74, 6) is 7.45. The van der Waals surface area contributed by atoms with Crippen molar-refractivity contribution in [2.75, 3.05) is 23.4 Å². The van der Waals surface area contributed by atoms with Crippen LogP contribution in [0.2, 0.25) is 0 Å². The van der Waals surface area contributed by atoms with Crippen LogP contribution in [0.1, 0.15) is 51.5 Å². The summed E-state index contributed by atoms with van der Waals surface area (Å²) in [6, 6.07) is 0. The molecule has 0 aliphatic carbocycles. The Kier molecular flexibility index (Phi) is 4.45. The number of hydrazine groups is 1. The minimum Gasteiger partial charge on any atom is -0.390 e. The molecule has 1 atom stereocenters. The molecule has 1 aliphatic heterocycles. The quantitative estimate of drug-likeness (QED) is 0.576. The van der Waals surface area contributed by atoms with Crippen molar-refractivity contribution in [1.82, 2.24) is 9.97 Å². The lowest BCUT2D eigenvalue weighted by atomic mass is 9.98. The summed E-state index contributed by atoms with van der Waals surface area (Å²) in [6.45, 7) is 7.82. The zero-order valence-electron chi connectivity index (χ0n) is 12.6. The Labute approximate surface area is 120 Å². The Bertz CT molecular complexity index is 461. The number of hydrogen-bond donors (Lipinski definition) is 3. The van der Waals surface area contributed by atoms with E-state index in [0.717, 1.165) is 43.7 Å². The van der Waals surface area contributed by atoms with E-state index >= 15 is 0 Å². The molecule has 0 spiro atoms. The fraction of sp³-hybridized carbons (Fsp3) is 0.714. The Morgan fingerprint density at radius 2 is 2.10 bits per heavy atom. The summed E-state index contributed by atoms with van der Waals surface area (Å²) in [5.41, 5.74) is 3.12. The predicted octanol–water partition coefficient (Wildman–Crippen LogP) is 1.63. The fourth-order valence-electron chi connectivity index (χ4n) is 2.76. The highest BCUT2D eigenvalue weighted by Gasteiger charge is 2.27. The maximum atomic E-state index is 10.2. The highest BCUT2D eigenvalue weighted by atomic mass is 16.3. The van der Waals surface area contributed by atoms with E-state index in [1.54, 1.807) is 6.33 Å². The third kappa shape index (κ3) is 3.19. The van der Waals surface area contributed by atoms with Crippen molar-refractivity contribution in [3.63, 3.8) is 0 Å². The molecule has 0 radical (unpaired) electrons. The molecule has 20 heavy (non-hydrogen) atoms. The van der Waals surface area contributed by atoms with Crippen LogP contribution < -0.4 is 16.2 Å². The molecule has 1 saturated heterocycles. The first kappa shape index (κ1) is 15.0. The van der Waals surface area contributed by atoms with Crippen LogP contribution in [0.15, 0.2) is 6.33 Å². The van der Waals surface area contributed by atoms with Crippen LogP contribution in [0, 0.1) is 0 Å². The van der Waals surface area contributed by atoms with Crippen LogP contribution in [-0.2, 0) is 0 Å². The van der Waals surface area contributed by atoms with Crippen molar-refractivity contribution in [3.05, 3.63) is 11.9 Å². The van der Waals surface area contributed by atoms with Crippen LogP contribution in [0.5, 0.6) is 0 Å². The van der Waals surface area contributed by atoms with E-state index in [2.05, 4.69) is 34.1 Å². The van der Waals surface area contributed by atoms with Gasteiger partial charge in [0, 0.05) is 18.7 Å². The molecule has 1 unspecified atom stereocenters. The predicted molar refractivity (Wildman–Crippen MR) is 80.6 cm³/mol. The zero-order valence-corrected chi connectivity index (χ0v) is 12.6. The lowest BCUT2D eigenvalue weighted by Gasteiger charge is -2.27. The Hall–Kier alpha value is -1.40. The monoisotopic (exact) mass is 279 g/mol. The summed E-state index contributed by atoms with van der Waals surface area (Å²) >= 11 is 0. The molecule has 2 heterocycles. The van der Waals surface area contributed by atoms with Gasteiger partial charge in [0.05, 0.1) is 5.60 Å². The first-order valence-corrected chi connectivity index (χ1v) is 7.23. The highest BCUT2D eigenvalue weighted by Crippen LogP contribution is 2.32. The molecule has 1 aliphatic rings. The molecule has 0 saturated carbocycles. The number of aromatic nitrogens is 2. The summed E-state index contributed by atoms with van der Waals surface area (Å²) in [4.78, 5) is 10.9. The van der Waals surface area contributed by atoms with Crippen molar-refractivity contribution < 1.29 is 5.11 Å². The maximum Gasteiger partial charge on any atom is 0.148 e. The van der Waals surface area contributed by atoms with Crippen molar-refractivity contribution >= 4 is 11.6 Å². The van der Waals surface area contributed by atoms with E-state index in [0.29, 0.717) is 5.82 Å². The van der Waals surface area contributed by atoms with Crippen LogP contribution >= 0.6 is 0 Å². The molecule has 2 rings (SSSR count). The van der Waals surface area contributed by atoms with Gasteiger partial charge in [-0.1, -0.05) is 13.8 Å². The minimum absolute atomic E-state index is 0.279. The first-order valence-electron chi connectivity index (χ1n) is 7.23. The third-order valence-corrected chi connectivity index (χ3v) is 3.94. The molecule has 0 bridgehead atoms. The van der Waals surface area contributed by atoms with E-state index < -0.39 is 5.60 Å².